The molecule has 0 radical (unpaired) electrons. The zero-order valence-corrected chi connectivity index (χ0v) is 11.5. The fraction of sp³-hybridized carbons (Fsp3) is 0.462. The maximum Gasteiger partial charge on any atom is 0.315 e. The number of rotatable bonds is 7. The molecular formula is C13H20N2O4. The molecule has 1 aromatic carbocycles. The first-order valence-electron chi connectivity index (χ1n) is 5.92. The van der Waals surface area contributed by atoms with E-state index in [2.05, 4.69) is 10.6 Å². The predicted molar refractivity (Wildman–Crippen MR) is 71.7 cm³/mol. The van der Waals surface area contributed by atoms with Gasteiger partial charge in [-0.2, -0.15) is 0 Å². The maximum atomic E-state index is 11.4. The highest BCUT2D eigenvalue weighted by molar-refractivity contribution is 5.73. The molecule has 0 spiro atoms. The highest BCUT2D eigenvalue weighted by Crippen LogP contribution is 2.27. The van der Waals surface area contributed by atoms with Gasteiger partial charge in [0.2, 0.25) is 0 Å². The minimum atomic E-state index is -0.230. The Kier molecular flexibility index (Phi) is 6.52. The Hall–Kier alpha value is -1.95. The van der Waals surface area contributed by atoms with Crippen LogP contribution < -0.4 is 20.1 Å². The van der Waals surface area contributed by atoms with E-state index in [1.807, 2.05) is 12.1 Å². The molecule has 0 bridgehead atoms. The van der Waals surface area contributed by atoms with Gasteiger partial charge in [0.25, 0.3) is 0 Å². The molecule has 2 N–H and O–H groups in total. The van der Waals surface area contributed by atoms with Gasteiger partial charge >= 0.3 is 6.03 Å². The lowest BCUT2D eigenvalue weighted by Gasteiger charge is -2.10. The number of amides is 2. The summed E-state index contributed by atoms with van der Waals surface area (Å²) >= 11 is 0. The third-order valence-corrected chi connectivity index (χ3v) is 2.49. The number of carbonyl (C=O) groups is 1. The van der Waals surface area contributed by atoms with Crippen LogP contribution in [-0.4, -0.2) is 40.5 Å². The molecular weight excluding hydrogens is 248 g/mol. The molecule has 0 saturated carbocycles. The van der Waals surface area contributed by atoms with Crippen LogP contribution in [0.5, 0.6) is 11.5 Å². The molecule has 2 amide bonds. The second kappa shape index (κ2) is 8.20. The summed E-state index contributed by atoms with van der Waals surface area (Å²) in [4.78, 5) is 11.4. The van der Waals surface area contributed by atoms with Crippen molar-refractivity contribution in [3.8, 4) is 11.5 Å². The zero-order chi connectivity index (χ0) is 14.1. The third-order valence-electron chi connectivity index (χ3n) is 2.49. The summed E-state index contributed by atoms with van der Waals surface area (Å²) in [5.74, 6) is 1.30. The van der Waals surface area contributed by atoms with Crippen LogP contribution in [0.15, 0.2) is 18.2 Å². The number of hydrogen-bond donors (Lipinski definition) is 2. The maximum absolute atomic E-state index is 11.4. The van der Waals surface area contributed by atoms with Crippen molar-refractivity contribution in [3.05, 3.63) is 23.8 Å². The predicted octanol–water partition coefficient (Wildman–Crippen LogP) is 1.15. The van der Waals surface area contributed by atoms with E-state index in [-0.39, 0.29) is 6.03 Å². The van der Waals surface area contributed by atoms with Gasteiger partial charge in [0.05, 0.1) is 20.8 Å². The number of benzene rings is 1. The Labute approximate surface area is 113 Å². The van der Waals surface area contributed by atoms with E-state index >= 15 is 0 Å². The number of methoxy groups -OCH3 is 3. The van der Waals surface area contributed by atoms with Crippen molar-refractivity contribution in [2.45, 2.75) is 6.54 Å². The minimum Gasteiger partial charge on any atom is -0.493 e. The van der Waals surface area contributed by atoms with Gasteiger partial charge in [-0.3, -0.25) is 0 Å². The Morgan fingerprint density at radius 2 is 1.84 bits per heavy atom. The van der Waals surface area contributed by atoms with Crippen molar-refractivity contribution >= 4 is 6.03 Å². The van der Waals surface area contributed by atoms with E-state index in [9.17, 15) is 4.79 Å². The number of urea groups is 1. The summed E-state index contributed by atoms with van der Waals surface area (Å²) in [6.07, 6.45) is 0. The van der Waals surface area contributed by atoms with Gasteiger partial charge in [-0.05, 0) is 17.7 Å². The first-order chi connectivity index (χ1) is 9.21. The summed E-state index contributed by atoms with van der Waals surface area (Å²) in [7, 11) is 4.74. The molecule has 0 aromatic heterocycles. The fourth-order valence-corrected chi connectivity index (χ4v) is 1.50. The molecule has 0 aliphatic heterocycles. The lowest BCUT2D eigenvalue weighted by atomic mass is 10.2. The van der Waals surface area contributed by atoms with E-state index in [1.54, 1.807) is 27.4 Å². The molecule has 0 saturated heterocycles. The average molecular weight is 268 g/mol. The summed E-state index contributed by atoms with van der Waals surface area (Å²) in [6, 6.07) is 5.27. The number of nitrogens with one attached hydrogen (secondary N) is 2. The molecule has 0 unspecified atom stereocenters. The molecule has 6 heteroatoms. The van der Waals surface area contributed by atoms with E-state index in [4.69, 9.17) is 14.2 Å². The lowest BCUT2D eigenvalue weighted by Crippen LogP contribution is -2.36. The first-order valence-corrected chi connectivity index (χ1v) is 5.92. The quantitative estimate of drug-likeness (QED) is 0.728. The Morgan fingerprint density at radius 1 is 1.11 bits per heavy atom. The summed E-state index contributed by atoms with van der Waals surface area (Å²) < 4.78 is 15.2. The smallest absolute Gasteiger partial charge is 0.315 e. The number of carbonyl (C=O) groups excluding carboxylic acids is 1. The van der Waals surface area contributed by atoms with Gasteiger partial charge in [0.15, 0.2) is 11.5 Å². The molecule has 1 rings (SSSR count). The Balaban J connectivity index is 2.47. The van der Waals surface area contributed by atoms with Crippen molar-refractivity contribution in [2.24, 2.45) is 0 Å². The van der Waals surface area contributed by atoms with Crippen LogP contribution in [0.1, 0.15) is 5.56 Å². The average Bonchev–Trinajstić information content (AvgIpc) is 2.45. The molecule has 1 aromatic rings. The molecule has 0 aliphatic rings. The molecule has 0 aliphatic carbocycles. The monoisotopic (exact) mass is 268 g/mol. The first kappa shape index (κ1) is 15.1. The molecule has 0 fully saturated rings. The third kappa shape index (κ3) is 5.05. The second-order valence-corrected chi connectivity index (χ2v) is 3.79. The van der Waals surface area contributed by atoms with Gasteiger partial charge in [-0.1, -0.05) is 6.07 Å². The van der Waals surface area contributed by atoms with Crippen LogP contribution in [0, 0.1) is 0 Å². The molecule has 0 heterocycles. The molecule has 0 atom stereocenters. The normalized spacial score (nSPS) is 9.84. The topological polar surface area (TPSA) is 68.8 Å². The van der Waals surface area contributed by atoms with Crippen molar-refractivity contribution < 1.29 is 19.0 Å². The van der Waals surface area contributed by atoms with Gasteiger partial charge in [-0.15, -0.1) is 0 Å². The minimum absolute atomic E-state index is 0.230. The standard InChI is InChI=1S/C13H20N2O4/c1-17-7-6-14-13(16)15-9-10-4-5-11(18-2)12(8-10)19-3/h4-5,8H,6-7,9H2,1-3H3,(H2,14,15,16). The molecule has 106 valence electrons. The highest BCUT2D eigenvalue weighted by Gasteiger charge is 2.05. The number of hydrogen-bond acceptors (Lipinski definition) is 4. The zero-order valence-electron chi connectivity index (χ0n) is 11.5. The van der Waals surface area contributed by atoms with Crippen molar-refractivity contribution in [1.82, 2.24) is 10.6 Å². The fourth-order valence-electron chi connectivity index (χ4n) is 1.50. The lowest BCUT2D eigenvalue weighted by molar-refractivity contribution is 0.196. The van der Waals surface area contributed by atoms with Crippen molar-refractivity contribution in [2.75, 3.05) is 34.5 Å². The van der Waals surface area contributed by atoms with E-state index in [0.29, 0.717) is 31.2 Å². The second-order valence-electron chi connectivity index (χ2n) is 3.79. The highest BCUT2D eigenvalue weighted by atomic mass is 16.5. The molecule has 19 heavy (non-hydrogen) atoms. The van der Waals surface area contributed by atoms with E-state index < -0.39 is 0 Å². The van der Waals surface area contributed by atoms with Crippen molar-refractivity contribution in [1.29, 1.82) is 0 Å². The van der Waals surface area contributed by atoms with E-state index in [1.165, 1.54) is 0 Å². The summed E-state index contributed by atoms with van der Waals surface area (Å²) in [5, 5.41) is 5.42. The Bertz CT molecular complexity index is 410. The van der Waals surface area contributed by atoms with Crippen LogP contribution in [0.3, 0.4) is 0 Å². The van der Waals surface area contributed by atoms with Crippen LogP contribution in [-0.2, 0) is 11.3 Å². The summed E-state index contributed by atoms with van der Waals surface area (Å²) in [5.41, 5.74) is 0.930. The van der Waals surface area contributed by atoms with Gasteiger partial charge in [0.1, 0.15) is 0 Å². The van der Waals surface area contributed by atoms with Crippen LogP contribution in [0.2, 0.25) is 0 Å². The number of ether oxygens (including phenoxy) is 3. The van der Waals surface area contributed by atoms with Crippen molar-refractivity contribution in [3.63, 3.8) is 0 Å². The Morgan fingerprint density at radius 3 is 2.47 bits per heavy atom. The SMILES string of the molecule is COCCNC(=O)NCc1ccc(OC)c(OC)c1. The summed E-state index contributed by atoms with van der Waals surface area (Å²) in [6.45, 7) is 1.39. The van der Waals surface area contributed by atoms with Gasteiger partial charge in [0, 0.05) is 20.2 Å². The van der Waals surface area contributed by atoms with Crippen LogP contribution in [0.25, 0.3) is 0 Å². The van der Waals surface area contributed by atoms with Gasteiger partial charge in [-0.25, -0.2) is 4.79 Å². The van der Waals surface area contributed by atoms with E-state index in [0.717, 1.165) is 5.56 Å². The molecule has 6 nitrogen and oxygen atoms in total. The largest absolute Gasteiger partial charge is 0.493 e. The van der Waals surface area contributed by atoms with Crippen LogP contribution in [0.4, 0.5) is 4.79 Å². The van der Waals surface area contributed by atoms with Gasteiger partial charge < -0.3 is 24.8 Å². The van der Waals surface area contributed by atoms with Crippen LogP contribution >= 0.6 is 0 Å².